The lowest BCUT2D eigenvalue weighted by atomic mass is 10.1. The molecule has 0 heterocycles. The van der Waals surface area contributed by atoms with Crippen molar-refractivity contribution in [3.05, 3.63) is 35.6 Å². The fourth-order valence-corrected chi connectivity index (χ4v) is 2.77. The van der Waals surface area contributed by atoms with Gasteiger partial charge in [0.1, 0.15) is 5.82 Å². The summed E-state index contributed by atoms with van der Waals surface area (Å²) in [5.74, 6) is -0.195. The number of benzene rings is 1. The zero-order chi connectivity index (χ0) is 14.3. The predicted molar refractivity (Wildman–Crippen MR) is 75.0 cm³/mol. The van der Waals surface area contributed by atoms with Gasteiger partial charge in [0.2, 0.25) is 10.0 Å². The van der Waals surface area contributed by atoms with E-state index < -0.39 is 10.0 Å². The van der Waals surface area contributed by atoms with Crippen LogP contribution in [0.3, 0.4) is 0 Å². The van der Waals surface area contributed by atoms with Gasteiger partial charge in [-0.15, -0.1) is 0 Å². The molecule has 4 nitrogen and oxygen atoms in total. The van der Waals surface area contributed by atoms with E-state index >= 15 is 0 Å². The Morgan fingerprint density at radius 3 is 2.63 bits per heavy atom. The van der Waals surface area contributed by atoms with Gasteiger partial charge in [0, 0.05) is 19.1 Å². The Hall–Kier alpha value is -0.980. The molecule has 6 heteroatoms. The zero-order valence-electron chi connectivity index (χ0n) is 11.3. The van der Waals surface area contributed by atoms with Crippen molar-refractivity contribution in [3.8, 4) is 0 Å². The van der Waals surface area contributed by atoms with Gasteiger partial charge in [-0.05, 0) is 25.0 Å². The topological polar surface area (TPSA) is 58.2 Å². The van der Waals surface area contributed by atoms with Crippen molar-refractivity contribution >= 4 is 10.0 Å². The van der Waals surface area contributed by atoms with E-state index in [4.69, 9.17) is 0 Å². The molecule has 2 N–H and O–H groups in total. The molecule has 1 aromatic rings. The number of rotatable bonds is 8. The number of halogens is 1. The lowest BCUT2D eigenvalue weighted by Crippen LogP contribution is -2.36. The summed E-state index contributed by atoms with van der Waals surface area (Å²) >= 11 is 0. The number of sulfonamides is 1. The number of hydrogen-bond acceptors (Lipinski definition) is 3. The highest BCUT2D eigenvalue weighted by atomic mass is 32.2. The van der Waals surface area contributed by atoms with Gasteiger partial charge in [-0.2, -0.15) is 0 Å². The highest BCUT2D eigenvalue weighted by Crippen LogP contribution is 2.08. The molecule has 0 spiro atoms. The van der Waals surface area contributed by atoms with Crippen LogP contribution in [0, 0.1) is 5.82 Å². The molecule has 0 saturated carbocycles. The minimum atomic E-state index is -3.19. The standard InChI is InChI=1S/C13H21FN2O2S/c1-3-16-19(17,18)9-8-15-11(2)10-12-6-4-5-7-13(12)14/h4-7,11,15-16H,3,8-10H2,1-2H3. The van der Waals surface area contributed by atoms with Gasteiger partial charge in [0.25, 0.3) is 0 Å². The first-order valence-corrected chi connectivity index (χ1v) is 8.04. The summed E-state index contributed by atoms with van der Waals surface area (Å²) < 4.78 is 38.7. The molecule has 0 aromatic heterocycles. The highest BCUT2D eigenvalue weighted by Gasteiger charge is 2.10. The Kier molecular flexibility index (Phi) is 6.41. The van der Waals surface area contributed by atoms with Crippen LogP contribution in [-0.4, -0.2) is 33.3 Å². The molecule has 1 unspecified atom stereocenters. The fraction of sp³-hybridized carbons (Fsp3) is 0.538. The fourth-order valence-electron chi connectivity index (χ4n) is 1.80. The Labute approximate surface area is 114 Å². The molecule has 0 saturated heterocycles. The van der Waals surface area contributed by atoms with Crippen molar-refractivity contribution < 1.29 is 12.8 Å². The van der Waals surface area contributed by atoms with Crippen LogP contribution < -0.4 is 10.0 Å². The molecule has 0 aliphatic carbocycles. The minimum Gasteiger partial charge on any atom is -0.313 e. The molecule has 0 aliphatic heterocycles. The summed E-state index contributed by atoms with van der Waals surface area (Å²) in [6, 6.07) is 6.63. The van der Waals surface area contributed by atoms with Gasteiger partial charge in [-0.25, -0.2) is 17.5 Å². The molecule has 1 rings (SSSR count). The van der Waals surface area contributed by atoms with Crippen molar-refractivity contribution in [2.75, 3.05) is 18.8 Å². The molecule has 108 valence electrons. The first-order valence-electron chi connectivity index (χ1n) is 6.38. The van der Waals surface area contributed by atoms with Crippen LogP contribution >= 0.6 is 0 Å². The van der Waals surface area contributed by atoms with E-state index in [9.17, 15) is 12.8 Å². The maximum atomic E-state index is 13.4. The summed E-state index contributed by atoms with van der Waals surface area (Å²) in [5.41, 5.74) is 0.636. The Balaban J connectivity index is 2.37. The molecule has 19 heavy (non-hydrogen) atoms. The van der Waals surface area contributed by atoms with Crippen LogP contribution in [-0.2, 0) is 16.4 Å². The maximum absolute atomic E-state index is 13.4. The van der Waals surface area contributed by atoms with Gasteiger partial charge < -0.3 is 5.32 Å². The average Bonchev–Trinajstić information content (AvgIpc) is 2.31. The summed E-state index contributed by atoms with van der Waals surface area (Å²) in [4.78, 5) is 0. The lowest BCUT2D eigenvalue weighted by molar-refractivity contribution is 0.533. The van der Waals surface area contributed by atoms with E-state index in [1.807, 2.05) is 6.92 Å². The minimum absolute atomic E-state index is 0.0220. The third-order valence-corrected chi connectivity index (χ3v) is 4.18. The number of hydrogen-bond donors (Lipinski definition) is 2. The molecule has 0 radical (unpaired) electrons. The molecular weight excluding hydrogens is 267 g/mol. The van der Waals surface area contributed by atoms with Crippen molar-refractivity contribution in [2.24, 2.45) is 0 Å². The summed E-state index contributed by atoms with van der Waals surface area (Å²) in [6.07, 6.45) is 0.536. The first kappa shape index (κ1) is 16.1. The normalized spacial score (nSPS) is 13.4. The van der Waals surface area contributed by atoms with Gasteiger partial charge >= 0.3 is 0 Å². The largest absolute Gasteiger partial charge is 0.313 e. The molecular formula is C13H21FN2O2S. The van der Waals surface area contributed by atoms with E-state index in [0.717, 1.165) is 0 Å². The van der Waals surface area contributed by atoms with Crippen LogP contribution in [0.5, 0.6) is 0 Å². The first-order chi connectivity index (χ1) is 8.94. The van der Waals surface area contributed by atoms with Crippen molar-refractivity contribution in [1.82, 2.24) is 10.0 Å². The quantitative estimate of drug-likeness (QED) is 0.758. The van der Waals surface area contributed by atoms with Crippen LogP contribution in [0.1, 0.15) is 19.4 Å². The third kappa shape index (κ3) is 6.13. The van der Waals surface area contributed by atoms with Crippen molar-refractivity contribution in [3.63, 3.8) is 0 Å². The van der Waals surface area contributed by atoms with Crippen LogP contribution in [0.15, 0.2) is 24.3 Å². The molecule has 1 aromatic carbocycles. The Bertz CT molecular complexity index is 491. The zero-order valence-corrected chi connectivity index (χ0v) is 12.1. The van der Waals surface area contributed by atoms with Gasteiger partial charge in [-0.3, -0.25) is 0 Å². The van der Waals surface area contributed by atoms with Gasteiger partial charge in [0.05, 0.1) is 5.75 Å². The van der Waals surface area contributed by atoms with E-state index in [2.05, 4.69) is 10.0 Å². The molecule has 0 fully saturated rings. The smallest absolute Gasteiger partial charge is 0.212 e. The Morgan fingerprint density at radius 1 is 1.32 bits per heavy atom. The SMILES string of the molecule is CCNS(=O)(=O)CCNC(C)Cc1ccccc1F. The summed E-state index contributed by atoms with van der Waals surface area (Å²) in [5, 5.41) is 3.09. The van der Waals surface area contributed by atoms with Crippen LogP contribution in [0.2, 0.25) is 0 Å². The van der Waals surface area contributed by atoms with E-state index in [1.54, 1.807) is 25.1 Å². The maximum Gasteiger partial charge on any atom is 0.212 e. The van der Waals surface area contributed by atoms with E-state index in [-0.39, 0.29) is 17.6 Å². The monoisotopic (exact) mass is 288 g/mol. The van der Waals surface area contributed by atoms with E-state index in [0.29, 0.717) is 25.1 Å². The summed E-state index contributed by atoms with van der Waals surface area (Å²) in [6.45, 7) is 4.40. The molecule has 0 bridgehead atoms. The van der Waals surface area contributed by atoms with Crippen LogP contribution in [0.4, 0.5) is 4.39 Å². The third-order valence-electron chi connectivity index (χ3n) is 2.71. The second-order valence-electron chi connectivity index (χ2n) is 4.47. The molecule has 0 aliphatic rings. The highest BCUT2D eigenvalue weighted by molar-refractivity contribution is 7.89. The van der Waals surface area contributed by atoms with Crippen molar-refractivity contribution in [2.45, 2.75) is 26.3 Å². The Morgan fingerprint density at radius 2 is 2.00 bits per heavy atom. The van der Waals surface area contributed by atoms with E-state index in [1.165, 1.54) is 6.07 Å². The van der Waals surface area contributed by atoms with Gasteiger partial charge in [0.15, 0.2) is 0 Å². The average molecular weight is 288 g/mol. The lowest BCUT2D eigenvalue weighted by Gasteiger charge is -2.14. The molecule has 0 amide bonds. The second-order valence-corrected chi connectivity index (χ2v) is 6.39. The van der Waals surface area contributed by atoms with Crippen molar-refractivity contribution in [1.29, 1.82) is 0 Å². The summed E-state index contributed by atoms with van der Waals surface area (Å²) in [7, 11) is -3.19. The van der Waals surface area contributed by atoms with Crippen LogP contribution in [0.25, 0.3) is 0 Å². The second kappa shape index (κ2) is 7.57. The number of nitrogens with one attached hydrogen (secondary N) is 2. The van der Waals surface area contributed by atoms with Gasteiger partial charge in [-0.1, -0.05) is 25.1 Å². The molecule has 1 atom stereocenters. The predicted octanol–water partition coefficient (Wildman–Crippen LogP) is 1.29.